The molecule has 0 saturated heterocycles. The molecule has 0 spiro atoms. The van der Waals surface area contributed by atoms with Crippen LogP contribution in [0.25, 0.3) is 10.9 Å². The van der Waals surface area contributed by atoms with E-state index < -0.39 is 93.6 Å². The number of fused-ring (bicyclic) bond motifs is 1. The van der Waals surface area contributed by atoms with Gasteiger partial charge >= 0.3 is 17.9 Å². The van der Waals surface area contributed by atoms with Gasteiger partial charge in [-0.25, -0.2) is 14.2 Å². The van der Waals surface area contributed by atoms with Crippen LogP contribution in [0.5, 0.6) is 0 Å². The molecule has 0 radical (unpaired) electrons. The Balaban J connectivity index is 2.32. The standard InChI is InChI=1S/C40H54FN5O9/c1-22-43-29-16-12-23(18-26(29)32(50)44-22)21-45(11)24-13-14-25(27(41)19-24)33(51)46(30(47)17-15-28(42)34(52)53)40(35(54)55,38(8,9)10)39(20-31(48)49,36(2,3)4)37(5,6)7/h12-14,16,18-19,28H,15,17,20-21,42H2,1-11H3,(H,48,49)(H,52,53)(H,54,55)(H,43,44,50)/t28-,40+/m0/s1. The number of aromatic nitrogens is 2. The van der Waals surface area contributed by atoms with E-state index in [1.54, 1.807) is 78.6 Å². The number of aromatic amines is 1. The molecule has 15 heteroatoms. The van der Waals surface area contributed by atoms with Crippen molar-refractivity contribution in [2.24, 2.45) is 27.4 Å². The molecule has 3 aromatic rings. The fourth-order valence-corrected chi connectivity index (χ4v) is 8.63. The summed E-state index contributed by atoms with van der Waals surface area (Å²) in [6, 6.07) is 7.15. The summed E-state index contributed by atoms with van der Waals surface area (Å²) in [5, 5.41) is 31.8. The number of nitrogens with one attached hydrogen (secondary N) is 1. The monoisotopic (exact) mass is 767 g/mol. The topological polar surface area (TPSA) is 224 Å². The van der Waals surface area contributed by atoms with Gasteiger partial charge in [-0.3, -0.25) is 28.9 Å². The van der Waals surface area contributed by atoms with Crippen molar-refractivity contribution >= 4 is 46.3 Å². The highest BCUT2D eigenvalue weighted by atomic mass is 19.1. The number of amides is 2. The quantitative estimate of drug-likeness (QED) is 0.144. The van der Waals surface area contributed by atoms with E-state index in [0.717, 1.165) is 12.1 Å². The van der Waals surface area contributed by atoms with Crippen molar-refractivity contribution in [3.8, 4) is 0 Å². The first-order valence-corrected chi connectivity index (χ1v) is 17.9. The summed E-state index contributed by atoms with van der Waals surface area (Å²) in [6.45, 7) is 16.1. The van der Waals surface area contributed by atoms with Crippen molar-refractivity contribution in [1.82, 2.24) is 14.9 Å². The molecule has 2 aromatic carbocycles. The number of aliphatic carboxylic acids is 3. The predicted octanol–water partition coefficient (Wildman–Crippen LogP) is 5.59. The number of nitrogens with zero attached hydrogens (tertiary/aromatic N) is 3. The van der Waals surface area contributed by atoms with Crippen molar-refractivity contribution in [3.63, 3.8) is 0 Å². The molecule has 14 nitrogen and oxygen atoms in total. The molecule has 0 aliphatic heterocycles. The van der Waals surface area contributed by atoms with Gasteiger partial charge in [0.1, 0.15) is 17.7 Å². The summed E-state index contributed by atoms with van der Waals surface area (Å²) in [5.74, 6) is -7.70. The van der Waals surface area contributed by atoms with Gasteiger partial charge < -0.3 is 30.9 Å². The second-order valence-electron chi connectivity index (χ2n) is 17.3. The molecular weight excluding hydrogens is 713 g/mol. The summed E-state index contributed by atoms with van der Waals surface area (Å²) in [7, 11) is 1.65. The van der Waals surface area contributed by atoms with Gasteiger partial charge in [0.25, 0.3) is 11.5 Å². The van der Waals surface area contributed by atoms with Crippen molar-refractivity contribution in [3.05, 3.63) is 69.5 Å². The van der Waals surface area contributed by atoms with Crippen LogP contribution >= 0.6 is 0 Å². The predicted molar refractivity (Wildman–Crippen MR) is 205 cm³/mol. The third kappa shape index (κ3) is 8.12. The number of carbonyl (C=O) groups is 5. The number of nitrogens with two attached hydrogens (primary N) is 1. The number of carboxylic acid groups (broad SMARTS) is 3. The third-order valence-electron chi connectivity index (χ3n) is 10.7. The lowest BCUT2D eigenvalue weighted by Gasteiger charge is -2.67. The molecule has 1 heterocycles. The molecule has 0 saturated carbocycles. The maximum atomic E-state index is 16.4. The van der Waals surface area contributed by atoms with E-state index >= 15 is 4.39 Å². The van der Waals surface area contributed by atoms with Crippen LogP contribution in [0.15, 0.2) is 41.2 Å². The number of rotatable bonds is 13. The SMILES string of the molecule is Cc1nc2ccc(CN(C)c3ccc(C(=O)N(C(=O)CC[C@H](N)C(=O)O)[C@](C(=O)O)(C(C)(C)C)C(CC(=O)O)(C(C)(C)C)C(C)(C)C)c(F)c3)cc2c(=O)[nH]1. The lowest BCUT2D eigenvalue weighted by Crippen LogP contribution is -2.79. The number of halogens is 1. The van der Waals surface area contributed by atoms with E-state index in [4.69, 9.17) is 5.73 Å². The largest absolute Gasteiger partial charge is 0.481 e. The summed E-state index contributed by atoms with van der Waals surface area (Å²) < 4.78 is 16.4. The smallest absolute Gasteiger partial charge is 0.331 e. The zero-order valence-electron chi connectivity index (χ0n) is 33.5. The van der Waals surface area contributed by atoms with E-state index in [9.17, 15) is 44.1 Å². The van der Waals surface area contributed by atoms with Crippen LogP contribution in [-0.2, 0) is 25.7 Å². The van der Waals surface area contributed by atoms with E-state index in [-0.39, 0.29) is 12.1 Å². The van der Waals surface area contributed by atoms with Gasteiger partial charge in [0.05, 0.1) is 22.9 Å². The van der Waals surface area contributed by atoms with Crippen LogP contribution < -0.4 is 16.2 Å². The molecule has 1 aromatic heterocycles. The number of benzene rings is 2. The Morgan fingerprint density at radius 2 is 1.47 bits per heavy atom. The van der Waals surface area contributed by atoms with Crippen LogP contribution in [-0.4, -0.2) is 78.5 Å². The Kier molecular flexibility index (Phi) is 12.5. The van der Waals surface area contributed by atoms with Gasteiger partial charge in [0, 0.05) is 31.1 Å². The minimum Gasteiger partial charge on any atom is -0.481 e. The number of hydrogen-bond donors (Lipinski definition) is 5. The molecule has 2 atom stereocenters. The van der Waals surface area contributed by atoms with E-state index in [1.807, 2.05) is 0 Å². The van der Waals surface area contributed by atoms with Gasteiger partial charge in [-0.2, -0.15) is 0 Å². The minimum atomic E-state index is -2.69. The van der Waals surface area contributed by atoms with Crippen molar-refractivity contribution in [2.75, 3.05) is 11.9 Å². The third-order valence-corrected chi connectivity index (χ3v) is 10.7. The molecule has 0 aliphatic rings. The number of carbonyl (C=O) groups excluding carboxylic acids is 2. The highest BCUT2D eigenvalue weighted by molar-refractivity contribution is 6.09. The highest BCUT2D eigenvalue weighted by Gasteiger charge is 2.75. The fourth-order valence-electron chi connectivity index (χ4n) is 8.63. The molecular formula is C40H54FN5O9. The maximum absolute atomic E-state index is 16.4. The lowest BCUT2D eigenvalue weighted by molar-refractivity contribution is -0.220. The molecule has 6 N–H and O–H groups in total. The number of carboxylic acids is 3. The first-order chi connectivity index (χ1) is 25.0. The minimum absolute atomic E-state index is 0.200. The lowest BCUT2D eigenvalue weighted by atomic mass is 9.40. The van der Waals surface area contributed by atoms with Crippen molar-refractivity contribution < 1.29 is 43.7 Å². The summed E-state index contributed by atoms with van der Waals surface area (Å²) >= 11 is 0. The van der Waals surface area contributed by atoms with Crippen LogP contribution in [0.4, 0.5) is 10.1 Å². The second kappa shape index (κ2) is 15.5. The Labute approximate surface area is 319 Å². The second-order valence-corrected chi connectivity index (χ2v) is 17.3. The van der Waals surface area contributed by atoms with Gasteiger partial charge in [-0.15, -0.1) is 0 Å². The van der Waals surface area contributed by atoms with Crippen LogP contribution in [0.3, 0.4) is 0 Å². The number of aryl methyl sites for hydroxylation is 1. The first-order valence-electron chi connectivity index (χ1n) is 17.9. The van der Waals surface area contributed by atoms with Crippen molar-refractivity contribution in [2.45, 2.75) is 107 Å². The normalized spacial score (nSPS) is 14.2. The molecule has 0 fully saturated rings. The van der Waals surface area contributed by atoms with Gasteiger partial charge in [0.15, 0.2) is 5.54 Å². The van der Waals surface area contributed by atoms with Gasteiger partial charge in [-0.05, 0) is 65.5 Å². The molecule has 0 bridgehead atoms. The highest BCUT2D eigenvalue weighted by Crippen LogP contribution is 2.66. The number of imide groups is 1. The number of hydrogen-bond acceptors (Lipinski definition) is 9. The summed E-state index contributed by atoms with van der Waals surface area (Å²) in [5.41, 5.74) is -2.58. The first kappa shape index (κ1) is 44.2. The van der Waals surface area contributed by atoms with Crippen LogP contribution in [0, 0.1) is 34.4 Å². The molecule has 3 rings (SSSR count). The number of anilines is 1. The Hall–Kier alpha value is -5.18. The van der Waals surface area contributed by atoms with Crippen molar-refractivity contribution in [1.29, 1.82) is 0 Å². The van der Waals surface area contributed by atoms with E-state index in [0.29, 0.717) is 32.9 Å². The zero-order valence-corrected chi connectivity index (χ0v) is 33.5. The number of H-pyrrole nitrogens is 1. The van der Waals surface area contributed by atoms with Crippen LogP contribution in [0.2, 0.25) is 0 Å². The van der Waals surface area contributed by atoms with E-state index in [1.165, 1.54) is 26.8 Å². The average Bonchev–Trinajstić information content (AvgIpc) is 3.02. The molecule has 0 aliphatic carbocycles. The average molecular weight is 768 g/mol. The molecule has 0 unspecified atom stereocenters. The van der Waals surface area contributed by atoms with Gasteiger partial charge in [0.2, 0.25) is 5.91 Å². The van der Waals surface area contributed by atoms with Gasteiger partial charge in [-0.1, -0.05) is 68.4 Å². The Morgan fingerprint density at radius 1 is 0.891 bits per heavy atom. The fraction of sp³-hybridized carbons (Fsp3) is 0.525. The molecule has 55 heavy (non-hydrogen) atoms. The summed E-state index contributed by atoms with van der Waals surface area (Å²) in [6.07, 6.45) is -2.05. The maximum Gasteiger partial charge on any atom is 0.331 e. The molecule has 2 amide bonds. The zero-order chi connectivity index (χ0) is 42.2. The molecule has 300 valence electrons. The van der Waals surface area contributed by atoms with Crippen LogP contribution in [0.1, 0.15) is 103 Å². The summed E-state index contributed by atoms with van der Waals surface area (Å²) in [4.78, 5) is 89.9. The Morgan fingerprint density at radius 3 is 1.95 bits per heavy atom. The van der Waals surface area contributed by atoms with E-state index in [2.05, 4.69) is 9.97 Å². The Bertz CT molecular complexity index is 2040.